The lowest BCUT2D eigenvalue weighted by atomic mass is 10.2. The molecule has 6 nitrogen and oxygen atoms in total. The van der Waals surface area contributed by atoms with Crippen molar-refractivity contribution in [3.05, 3.63) is 34.4 Å². The van der Waals surface area contributed by atoms with Gasteiger partial charge in [0.15, 0.2) is 0 Å². The number of hydrogen-bond donors (Lipinski definition) is 1. The van der Waals surface area contributed by atoms with Crippen LogP contribution in [0.5, 0.6) is 5.75 Å². The molecule has 0 aliphatic heterocycles. The highest BCUT2D eigenvalue weighted by Gasteiger charge is 2.11. The number of ether oxygens (including phenoxy) is 1. The van der Waals surface area contributed by atoms with Crippen molar-refractivity contribution in [1.82, 2.24) is 0 Å². The van der Waals surface area contributed by atoms with E-state index in [1.54, 1.807) is 0 Å². The summed E-state index contributed by atoms with van der Waals surface area (Å²) in [6.45, 7) is 1.56. The second kappa shape index (κ2) is 5.11. The molecule has 1 aromatic carbocycles. The molecule has 1 unspecified atom stereocenters. The standard InChI is InChI=1S/C10H11NO5/c1-7(10(12)13)6-16-9-4-2-8(3-5-9)11(14)15/h2-5,7H,6H2,1H3,(H,12,13). The van der Waals surface area contributed by atoms with Crippen molar-refractivity contribution in [1.29, 1.82) is 0 Å². The van der Waals surface area contributed by atoms with Crippen molar-refractivity contribution in [2.75, 3.05) is 6.61 Å². The first kappa shape index (κ1) is 12.0. The van der Waals surface area contributed by atoms with Crippen molar-refractivity contribution in [2.45, 2.75) is 6.92 Å². The Morgan fingerprint density at radius 3 is 2.50 bits per heavy atom. The molecule has 0 aliphatic rings. The number of aliphatic carboxylic acids is 1. The van der Waals surface area contributed by atoms with E-state index in [-0.39, 0.29) is 12.3 Å². The molecule has 1 rings (SSSR count). The van der Waals surface area contributed by atoms with Gasteiger partial charge in [0.1, 0.15) is 12.4 Å². The van der Waals surface area contributed by atoms with Crippen molar-refractivity contribution in [3.8, 4) is 5.75 Å². The third kappa shape index (κ3) is 3.23. The Kier molecular flexibility index (Phi) is 3.82. The monoisotopic (exact) mass is 225 g/mol. The highest BCUT2D eigenvalue weighted by molar-refractivity contribution is 5.69. The number of nitrogens with zero attached hydrogens (tertiary/aromatic N) is 1. The van der Waals surface area contributed by atoms with Crippen molar-refractivity contribution < 1.29 is 19.6 Å². The van der Waals surface area contributed by atoms with E-state index in [0.717, 1.165) is 0 Å². The van der Waals surface area contributed by atoms with Crippen LogP contribution in [0.2, 0.25) is 0 Å². The summed E-state index contributed by atoms with van der Waals surface area (Å²) in [6.07, 6.45) is 0. The summed E-state index contributed by atoms with van der Waals surface area (Å²) in [4.78, 5) is 20.3. The zero-order chi connectivity index (χ0) is 12.1. The van der Waals surface area contributed by atoms with Crippen LogP contribution in [0.4, 0.5) is 5.69 Å². The lowest BCUT2D eigenvalue weighted by Gasteiger charge is -2.08. The quantitative estimate of drug-likeness (QED) is 0.608. The predicted molar refractivity (Wildman–Crippen MR) is 55.4 cm³/mol. The van der Waals surface area contributed by atoms with Crippen LogP contribution in [-0.4, -0.2) is 22.6 Å². The molecule has 6 heteroatoms. The molecular formula is C10H11NO5. The van der Waals surface area contributed by atoms with Crippen LogP contribution in [-0.2, 0) is 4.79 Å². The van der Waals surface area contributed by atoms with E-state index in [4.69, 9.17) is 9.84 Å². The second-order valence-electron chi connectivity index (χ2n) is 3.30. The minimum Gasteiger partial charge on any atom is -0.493 e. The van der Waals surface area contributed by atoms with Crippen molar-refractivity contribution in [2.24, 2.45) is 5.92 Å². The summed E-state index contributed by atoms with van der Waals surface area (Å²) in [7, 11) is 0. The van der Waals surface area contributed by atoms with E-state index in [1.165, 1.54) is 31.2 Å². The SMILES string of the molecule is CC(COc1ccc([N+](=O)[O-])cc1)C(=O)O. The van der Waals surface area contributed by atoms with Gasteiger partial charge in [0.2, 0.25) is 0 Å². The zero-order valence-electron chi connectivity index (χ0n) is 8.62. The van der Waals surface area contributed by atoms with Gasteiger partial charge in [-0.2, -0.15) is 0 Å². The summed E-state index contributed by atoms with van der Waals surface area (Å²) >= 11 is 0. The largest absolute Gasteiger partial charge is 0.493 e. The van der Waals surface area contributed by atoms with Gasteiger partial charge in [-0.3, -0.25) is 14.9 Å². The number of carbonyl (C=O) groups is 1. The molecule has 0 fully saturated rings. The Bertz CT molecular complexity index is 387. The number of carboxylic acid groups (broad SMARTS) is 1. The van der Waals surface area contributed by atoms with Gasteiger partial charge in [0.05, 0.1) is 10.8 Å². The highest BCUT2D eigenvalue weighted by Crippen LogP contribution is 2.17. The van der Waals surface area contributed by atoms with E-state index in [1.807, 2.05) is 0 Å². The Balaban J connectivity index is 2.56. The van der Waals surface area contributed by atoms with Crippen molar-refractivity contribution >= 4 is 11.7 Å². The Hall–Kier alpha value is -2.11. The van der Waals surface area contributed by atoms with Crippen LogP contribution in [0, 0.1) is 16.0 Å². The third-order valence-corrected chi connectivity index (χ3v) is 1.97. The molecule has 1 aromatic rings. The van der Waals surface area contributed by atoms with Crippen LogP contribution < -0.4 is 4.74 Å². The number of benzene rings is 1. The molecule has 0 radical (unpaired) electrons. The Labute approximate surface area is 91.6 Å². The molecule has 16 heavy (non-hydrogen) atoms. The molecule has 1 atom stereocenters. The molecular weight excluding hydrogens is 214 g/mol. The predicted octanol–water partition coefficient (Wildman–Crippen LogP) is 1.69. The van der Waals surface area contributed by atoms with E-state index >= 15 is 0 Å². The number of carboxylic acids is 1. The van der Waals surface area contributed by atoms with Gasteiger partial charge in [0, 0.05) is 12.1 Å². The minimum absolute atomic E-state index is 0.0290. The maximum absolute atomic E-state index is 10.5. The first-order chi connectivity index (χ1) is 7.50. The average molecular weight is 225 g/mol. The molecule has 0 heterocycles. The number of nitro benzene ring substituents is 1. The van der Waals surface area contributed by atoms with Gasteiger partial charge in [-0.05, 0) is 19.1 Å². The summed E-state index contributed by atoms with van der Waals surface area (Å²) in [6, 6.07) is 5.49. The highest BCUT2D eigenvalue weighted by atomic mass is 16.6. The molecule has 0 spiro atoms. The Morgan fingerprint density at radius 2 is 2.06 bits per heavy atom. The number of hydrogen-bond acceptors (Lipinski definition) is 4. The summed E-state index contributed by atoms with van der Waals surface area (Å²) < 4.78 is 5.16. The van der Waals surface area contributed by atoms with Crippen LogP contribution in [0.15, 0.2) is 24.3 Å². The fourth-order valence-corrected chi connectivity index (χ4v) is 0.957. The first-order valence-corrected chi connectivity index (χ1v) is 4.60. The van der Waals surface area contributed by atoms with Gasteiger partial charge < -0.3 is 9.84 Å². The zero-order valence-corrected chi connectivity index (χ0v) is 8.62. The second-order valence-corrected chi connectivity index (χ2v) is 3.30. The average Bonchev–Trinajstić information content (AvgIpc) is 2.26. The van der Waals surface area contributed by atoms with Gasteiger partial charge >= 0.3 is 5.97 Å². The molecule has 0 aliphatic carbocycles. The molecule has 1 N–H and O–H groups in total. The van der Waals surface area contributed by atoms with E-state index < -0.39 is 16.8 Å². The van der Waals surface area contributed by atoms with Gasteiger partial charge in [-0.1, -0.05) is 0 Å². The van der Waals surface area contributed by atoms with Crippen LogP contribution >= 0.6 is 0 Å². The topological polar surface area (TPSA) is 89.7 Å². The van der Waals surface area contributed by atoms with E-state index in [2.05, 4.69) is 0 Å². The lowest BCUT2D eigenvalue weighted by Crippen LogP contribution is -2.17. The van der Waals surface area contributed by atoms with Gasteiger partial charge in [0.25, 0.3) is 5.69 Å². The van der Waals surface area contributed by atoms with E-state index in [0.29, 0.717) is 5.75 Å². The van der Waals surface area contributed by atoms with E-state index in [9.17, 15) is 14.9 Å². The maximum Gasteiger partial charge on any atom is 0.309 e. The number of nitro groups is 1. The first-order valence-electron chi connectivity index (χ1n) is 4.60. The van der Waals surface area contributed by atoms with Crippen LogP contribution in [0.25, 0.3) is 0 Å². The fraction of sp³-hybridized carbons (Fsp3) is 0.300. The molecule has 0 aromatic heterocycles. The maximum atomic E-state index is 10.5. The summed E-state index contributed by atoms with van der Waals surface area (Å²) in [5, 5.41) is 19.0. The van der Waals surface area contributed by atoms with Crippen LogP contribution in [0.1, 0.15) is 6.92 Å². The molecule has 0 saturated carbocycles. The fourth-order valence-electron chi connectivity index (χ4n) is 0.957. The molecule has 0 saturated heterocycles. The third-order valence-electron chi connectivity index (χ3n) is 1.97. The minimum atomic E-state index is -0.943. The lowest BCUT2D eigenvalue weighted by molar-refractivity contribution is -0.384. The summed E-state index contributed by atoms with van der Waals surface area (Å²) in [5.41, 5.74) is -0.0290. The molecule has 0 bridgehead atoms. The summed E-state index contributed by atoms with van der Waals surface area (Å²) in [5.74, 6) is -1.14. The Morgan fingerprint density at radius 1 is 1.50 bits per heavy atom. The normalized spacial score (nSPS) is 11.8. The number of rotatable bonds is 5. The van der Waals surface area contributed by atoms with Gasteiger partial charge in [-0.15, -0.1) is 0 Å². The number of non-ortho nitro benzene ring substituents is 1. The van der Waals surface area contributed by atoms with Crippen LogP contribution in [0.3, 0.4) is 0 Å². The molecule has 0 amide bonds. The van der Waals surface area contributed by atoms with Crippen molar-refractivity contribution in [3.63, 3.8) is 0 Å². The molecule has 86 valence electrons. The smallest absolute Gasteiger partial charge is 0.309 e. The van der Waals surface area contributed by atoms with Gasteiger partial charge in [-0.25, -0.2) is 0 Å².